The Morgan fingerprint density at radius 2 is 1.93 bits per heavy atom. The molecule has 2 aliphatic rings. The molecule has 5 rings (SSSR count). The van der Waals surface area contributed by atoms with Crippen LogP contribution in [0.4, 0.5) is 0 Å². The topological polar surface area (TPSA) is 59.3 Å². The molecule has 3 aromatic rings. The Labute approximate surface area is 179 Å². The molecule has 30 heavy (non-hydrogen) atoms. The standard InChI is InChI=1S/C22H23ClN4O3/c1-14-3-4-27-18(15(2)24-20(27)9-14)12-25-5-7-26(8-6-25)22(28)16-10-17(23)21-19(11-16)29-13-30-21/h3-4,9-11H,5-8,12-13H2,1-2H3. The van der Waals surface area contributed by atoms with Gasteiger partial charge >= 0.3 is 0 Å². The summed E-state index contributed by atoms with van der Waals surface area (Å²) < 4.78 is 12.9. The zero-order valence-electron chi connectivity index (χ0n) is 17.0. The molecule has 7 nitrogen and oxygen atoms in total. The lowest BCUT2D eigenvalue weighted by atomic mass is 10.1. The van der Waals surface area contributed by atoms with Gasteiger partial charge in [-0.3, -0.25) is 9.69 Å². The maximum absolute atomic E-state index is 13.0. The summed E-state index contributed by atoms with van der Waals surface area (Å²) in [6, 6.07) is 7.58. The van der Waals surface area contributed by atoms with E-state index in [1.165, 1.54) is 11.3 Å². The molecule has 1 aromatic carbocycles. The van der Waals surface area contributed by atoms with Crippen LogP contribution in [-0.4, -0.2) is 58.1 Å². The Kier molecular flexibility index (Phi) is 4.79. The van der Waals surface area contributed by atoms with Gasteiger partial charge in [-0.05, 0) is 43.7 Å². The minimum absolute atomic E-state index is 0.0312. The lowest BCUT2D eigenvalue weighted by molar-refractivity contribution is 0.0626. The zero-order valence-corrected chi connectivity index (χ0v) is 17.8. The summed E-state index contributed by atoms with van der Waals surface area (Å²) in [6.07, 6.45) is 2.09. The van der Waals surface area contributed by atoms with Crippen molar-refractivity contribution >= 4 is 23.2 Å². The van der Waals surface area contributed by atoms with E-state index in [4.69, 9.17) is 26.1 Å². The second-order valence-corrected chi connectivity index (χ2v) is 8.24. The van der Waals surface area contributed by atoms with Crippen molar-refractivity contribution in [3.63, 3.8) is 0 Å². The Bertz CT molecular complexity index is 1140. The van der Waals surface area contributed by atoms with Crippen LogP contribution in [0.2, 0.25) is 5.02 Å². The summed E-state index contributed by atoms with van der Waals surface area (Å²) >= 11 is 6.24. The number of hydrogen-bond donors (Lipinski definition) is 0. The molecular formula is C22H23ClN4O3. The van der Waals surface area contributed by atoms with Crippen LogP contribution >= 0.6 is 11.6 Å². The quantitative estimate of drug-likeness (QED) is 0.643. The van der Waals surface area contributed by atoms with Gasteiger partial charge in [0.2, 0.25) is 6.79 Å². The van der Waals surface area contributed by atoms with Crippen molar-refractivity contribution in [1.29, 1.82) is 0 Å². The third-order valence-corrected chi connectivity index (χ3v) is 6.07. The molecular weight excluding hydrogens is 404 g/mol. The van der Waals surface area contributed by atoms with Crippen molar-refractivity contribution in [3.05, 3.63) is 58.0 Å². The average Bonchev–Trinajstić information content (AvgIpc) is 3.32. The fraction of sp³-hybridized carbons (Fsp3) is 0.364. The molecule has 0 bridgehead atoms. The number of nitrogens with zero attached hydrogens (tertiary/aromatic N) is 4. The van der Waals surface area contributed by atoms with E-state index in [2.05, 4.69) is 41.5 Å². The van der Waals surface area contributed by atoms with Crippen molar-refractivity contribution in [1.82, 2.24) is 19.2 Å². The number of rotatable bonds is 3. The highest BCUT2D eigenvalue weighted by atomic mass is 35.5. The molecule has 0 unspecified atom stereocenters. The van der Waals surface area contributed by atoms with E-state index in [9.17, 15) is 4.79 Å². The predicted molar refractivity (Wildman–Crippen MR) is 113 cm³/mol. The van der Waals surface area contributed by atoms with Crippen LogP contribution in [-0.2, 0) is 6.54 Å². The molecule has 2 aliphatic heterocycles. The van der Waals surface area contributed by atoms with E-state index < -0.39 is 0 Å². The fourth-order valence-electron chi connectivity index (χ4n) is 4.10. The lowest BCUT2D eigenvalue weighted by Gasteiger charge is -2.34. The van der Waals surface area contributed by atoms with Crippen LogP contribution < -0.4 is 9.47 Å². The van der Waals surface area contributed by atoms with Gasteiger partial charge in [-0.1, -0.05) is 11.6 Å². The van der Waals surface area contributed by atoms with Gasteiger partial charge in [0.15, 0.2) is 11.5 Å². The minimum Gasteiger partial charge on any atom is -0.454 e. The molecule has 1 fully saturated rings. The number of aryl methyl sites for hydroxylation is 2. The van der Waals surface area contributed by atoms with E-state index in [-0.39, 0.29) is 12.7 Å². The molecule has 0 aliphatic carbocycles. The SMILES string of the molecule is Cc1ccn2c(CN3CCN(C(=O)c4cc(Cl)c5c(c4)OCO5)CC3)c(C)nc2c1. The number of ether oxygens (including phenoxy) is 2. The summed E-state index contributed by atoms with van der Waals surface area (Å²) in [6.45, 7) is 8.03. The Morgan fingerprint density at radius 1 is 1.13 bits per heavy atom. The maximum atomic E-state index is 13.0. The van der Waals surface area contributed by atoms with Crippen molar-refractivity contribution in [2.75, 3.05) is 33.0 Å². The molecule has 0 N–H and O–H groups in total. The van der Waals surface area contributed by atoms with Crippen LogP contribution in [0.1, 0.15) is 27.3 Å². The molecule has 0 atom stereocenters. The zero-order chi connectivity index (χ0) is 20.8. The van der Waals surface area contributed by atoms with Gasteiger partial charge in [-0.2, -0.15) is 0 Å². The molecule has 156 valence electrons. The summed E-state index contributed by atoms with van der Waals surface area (Å²) in [7, 11) is 0. The Hall–Kier alpha value is -2.77. The highest BCUT2D eigenvalue weighted by molar-refractivity contribution is 6.32. The molecule has 2 aromatic heterocycles. The summed E-state index contributed by atoms with van der Waals surface area (Å²) in [5.41, 5.74) is 4.97. The first kappa shape index (κ1) is 19.2. The van der Waals surface area contributed by atoms with Crippen molar-refractivity contribution in [2.24, 2.45) is 0 Å². The normalized spacial score (nSPS) is 16.4. The second kappa shape index (κ2) is 7.49. The smallest absolute Gasteiger partial charge is 0.254 e. The van der Waals surface area contributed by atoms with Gasteiger partial charge in [0.25, 0.3) is 5.91 Å². The van der Waals surface area contributed by atoms with E-state index in [1.807, 2.05) is 4.90 Å². The van der Waals surface area contributed by atoms with Gasteiger partial charge < -0.3 is 18.8 Å². The van der Waals surface area contributed by atoms with Crippen molar-refractivity contribution in [2.45, 2.75) is 20.4 Å². The van der Waals surface area contributed by atoms with Crippen LogP contribution in [0.3, 0.4) is 0 Å². The van der Waals surface area contributed by atoms with Crippen LogP contribution in [0, 0.1) is 13.8 Å². The van der Waals surface area contributed by atoms with Crippen LogP contribution in [0.5, 0.6) is 11.5 Å². The van der Waals surface area contributed by atoms with E-state index in [0.29, 0.717) is 35.2 Å². The number of carbonyl (C=O) groups is 1. The van der Waals surface area contributed by atoms with E-state index in [1.54, 1.807) is 12.1 Å². The molecule has 0 radical (unpaired) electrons. The highest BCUT2D eigenvalue weighted by Gasteiger charge is 2.26. The molecule has 1 amide bonds. The first-order chi connectivity index (χ1) is 14.5. The number of piperazine rings is 1. The number of pyridine rings is 1. The predicted octanol–water partition coefficient (Wildman–Crippen LogP) is 3.29. The first-order valence-electron chi connectivity index (χ1n) is 10.0. The van der Waals surface area contributed by atoms with E-state index in [0.717, 1.165) is 31.0 Å². The molecule has 8 heteroatoms. The number of benzene rings is 1. The van der Waals surface area contributed by atoms with Gasteiger partial charge in [0.05, 0.1) is 16.4 Å². The fourth-order valence-corrected chi connectivity index (χ4v) is 4.36. The second-order valence-electron chi connectivity index (χ2n) is 7.84. The summed E-state index contributed by atoms with van der Waals surface area (Å²) in [5, 5.41) is 0.408. The number of carbonyl (C=O) groups excluding carboxylic acids is 1. The lowest BCUT2D eigenvalue weighted by Crippen LogP contribution is -2.48. The molecule has 0 spiro atoms. The largest absolute Gasteiger partial charge is 0.454 e. The van der Waals surface area contributed by atoms with Gasteiger partial charge in [-0.25, -0.2) is 4.98 Å². The van der Waals surface area contributed by atoms with Crippen LogP contribution in [0.15, 0.2) is 30.5 Å². The number of hydrogen-bond acceptors (Lipinski definition) is 5. The number of amides is 1. The number of imidazole rings is 1. The third kappa shape index (κ3) is 3.38. The average molecular weight is 427 g/mol. The molecule has 1 saturated heterocycles. The Balaban J connectivity index is 1.26. The number of halogens is 1. The monoisotopic (exact) mass is 426 g/mol. The van der Waals surface area contributed by atoms with Gasteiger partial charge in [-0.15, -0.1) is 0 Å². The minimum atomic E-state index is -0.0312. The summed E-state index contributed by atoms with van der Waals surface area (Å²) in [5.74, 6) is 1.01. The highest BCUT2D eigenvalue weighted by Crippen LogP contribution is 2.40. The molecule has 4 heterocycles. The first-order valence-corrected chi connectivity index (χ1v) is 10.4. The van der Waals surface area contributed by atoms with Crippen molar-refractivity contribution in [3.8, 4) is 11.5 Å². The van der Waals surface area contributed by atoms with E-state index >= 15 is 0 Å². The summed E-state index contributed by atoms with van der Waals surface area (Å²) in [4.78, 5) is 21.9. The van der Waals surface area contributed by atoms with Gasteiger partial charge in [0, 0.05) is 44.5 Å². The Morgan fingerprint density at radius 3 is 2.73 bits per heavy atom. The van der Waals surface area contributed by atoms with Crippen molar-refractivity contribution < 1.29 is 14.3 Å². The molecule has 0 saturated carbocycles. The van der Waals surface area contributed by atoms with Crippen LogP contribution in [0.25, 0.3) is 5.65 Å². The third-order valence-electron chi connectivity index (χ3n) is 5.79. The maximum Gasteiger partial charge on any atom is 0.254 e. The number of aromatic nitrogens is 2. The van der Waals surface area contributed by atoms with Gasteiger partial charge in [0.1, 0.15) is 5.65 Å². The number of fused-ring (bicyclic) bond motifs is 2.